The maximum absolute atomic E-state index is 11.5. The fourth-order valence-electron chi connectivity index (χ4n) is 3.95. The first kappa shape index (κ1) is 17.0. The van der Waals surface area contributed by atoms with E-state index in [1.807, 2.05) is 24.3 Å². The van der Waals surface area contributed by atoms with Crippen molar-refractivity contribution in [2.45, 2.75) is 37.3 Å². The van der Waals surface area contributed by atoms with Crippen molar-refractivity contribution >= 4 is 5.97 Å². The molecule has 0 bridgehead atoms. The van der Waals surface area contributed by atoms with Crippen LogP contribution in [0, 0.1) is 0 Å². The van der Waals surface area contributed by atoms with Gasteiger partial charge in [0.15, 0.2) is 0 Å². The van der Waals surface area contributed by atoms with Crippen LogP contribution < -0.4 is 4.74 Å². The maximum atomic E-state index is 11.5. The van der Waals surface area contributed by atoms with Gasteiger partial charge < -0.3 is 14.6 Å². The first-order valence-electron chi connectivity index (χ1n) is 8.43. The molecule has 2 saturated heterocycles. The molecule has 2 atom stereocenters. The number of methoxy groups -OCH3 is 2. The highest BCUT2D eigenvalue weighted by atomic mass is 16.5. The number of piperidine rings is 2. The average Bonchev–Trinajstić information content (AvgIpc) is 2.61. The molecule has 2 unspecified atom stereocenters. The molecule has 5 nitrogen and oxygen atoms in total. The molecular formula is C19H25NO4. The third kappa shape index (κ3) is 3.32. The number of carbonyl (C=O) groups excluding carboxylic acids is 1. The molecule has 5 heteroatoms. The molecule has 0 amide bonds. The summed E-state index contributed by atoms with van der Waals surface area (Å²) in [5.74, 6) is 0.434. The fourth-order valence-corrected chi connectivity index (χ4v) is 3.95. The van der Waals surface area contributed by atoms with Crippen LogP contribution in [0.2, 0.25) is 0 Å². The number of hydrogen-bond donors (Lipinski definition) is 1. The summed E-state index contributed by atoms with van der Waals surface area (Å²) in [7, 11) is 3.03. The topological polar surface area (TPSA) is 59.0 Å². The number of aliphatic hydroxyl groups is 1. The minimum Gasteiger partial charge on any atom is -0.496 e. The largest absolute Gasteiger partial charge is 0.496 e. The third-order valence-electron chi connectivity index (χ3n) is 5.25. The van der Waals surface area contributed by atoms with Crippen molar-refractivity contribution < 1.29 is 19.4 Å². The Kier molecular flexibility index (Phi) is 4.92. The number of rotatable bonds is 3. The third-order valence-corrected chi connectivity index (χ3v) is 5.25. The second-order valence-corrected chi connectivity index (χ2v) is 6.66. The number of esters is 1. The lowest BCUT2D eigenvalue weighted by molar-refractivity contribution is -0.134. The summed E-state index contributed by atoms with van der Waals surface area (Å²) in [5.41, 5.74) is 1.07. The molecule has 0 spiro atoms. The molecule has 3 rings (SSSR count). The quantitative estimate of drug-likeness (QED) is 0.680. The maximum Gasteiger partial charge on any atom is 0.330 e. The van der Waals surface area contributed by atoms with E-state index in [2.05, 4.69) is 4.90 Å². The zero-order chi connectivity index (χ0) is 17.2. The van der Waals surface area contributed by atoms with Gasteiger partial charge in [0.05, 0.1) is 19.8 Å². The van der Waals surface area contributed by atoms with Gasteiger partial charge >= 0.3 is 5.97 Å². The molecular weight excluding hydrogens is 306 g/mol. The Bertz CT molecular complexity index is 642. The Morgan fingerprint density at radius 3 is 2.88 bits per heavy atom. The number of ether oxygens (including phenoxy) is 2. The average molecular weight is 331 g/mol. The molecule has 1 aromatic carbocycles. The first-order chi connectivity index (χ1) is 11.6. The molecule has 2 fully saturated rings. The summed E-state index contributed by atoms with van der Waals surface area (Å²) in [6.07, 6.45) is 4.63. The summed E-state index contributed by atoms with van der Waals surface area (Å²) in [6, 6.07) is 7.92. The van der Waals surface area contributed by atoms with Crippen molar-refractivity contribution in [3.05, 3.63) is 41.5 Å². The smallest absolute Gasteiger partial charge is 0.330 e. The van der Waals surface area contributed by atoms with Gasteiger partial charge in [0.25, 0.3) is 0 Å². The van der Waals surface area contributed by atoms with E-state index < -0.39 is 5.60 Å². The van der Waals surface area contributed by atoms with E-state index in [4.69, 9.17) is 9.47 Å². The monoisotopic (exact) mass is 331 g/mol. The molecule has 2 heterocycles. The minimum atomic E-state index is -0.887. The fraction of sp³-hybridized carbons (Fsp3) is 0.526. The van der Waals surface area contributed by atoms with Crippen LogP contribution in [0.5, 0.6) is 5.75 Å². The summed E-state index contributed by atoms with van der Waals surface area (Å²) in [5, 5.41) is 11.3. The van der Waals surface area contributed by atoms with Crippen molar-refractivity contribution in [2.75, 3.05) is 27.3 Å². The molecule has 0 aliphatic carbocycles. The van der Waals surface area contributed by atoms with Crippen LogP contribution in [-0.2, 0) is 15.1 Å². The Labute approximate surface area is 142 Å². The van der Waals surface area contributed by atoms with Crippen molar-refractivity contribution in [2.24, 2.45) is 0 Å². The van der Waals surface area contributed by atoms with Crippen LogP contribution in [0.4, 0.5) is 0 Å². The number of benzene rings is 1. The van der Waals surface area contributed by atoms with Crippen LogP contribution >= 0.6 is 0 Å². The van der Waals surface area contributed by atoms with E-state index in [1.165, 1.54) is 7.11 Å². The van der Waals surface area contributed by atoms with Gasteiger partial charge in [-0.1, -0.05) is 23.8 Å². The van der Waals surface area contributed by atoms with Gasteiger partial charge in [-0.05, 0) is 31.7 Å². The molecule has 1 N–H and O–H groups in total. The van der Waals surface area contributed by atoms with Crippen LogP contribution in [0.25, 0.3) is 0 Å². The second-order valence-electron chi connectivity index (χ2n) is 6.66. The first-order valence-corrected chi connectivity index (χ1v) is 8.43. The van der Waals surface area contributed by atoms with Gasteiger partial charge in [0.1, 0.15) is 5.75 Å². The van der Waals surface area contributed by atoms with Crippen molar-refractivity contribution in [3.63, 3.8) is 0 Å². The van der Waals surface area contributed by atoms with Gasteiger partial charge in [0.2, 0.25) is 0 Å². The Morgan fingerprint density at radius 2 is 2.12 bits per heavy atom. The standard InChI is InChI=1S/C19H25NO4/c1-23-17-6-4-3-5-16(17)19(22)8-10-20-9-7-14(11-15(20)13-19)12-18(21)24-2/h3-6,12,15,22H,7-11,13H2,1-2H3. The van der Waals surface area contributed by atoms with Crippen LogP contribution in [-0.4, -0.2) is 49.3 Å². The SMILES string of the molecule is COC(=O)C=C1CCN2CCC(O)(c3ccccc3OC)CC2C1. The van der Waals surface area contributed by atoms with Gasteiger partial charge in [-0.2, -0.15) is 0 Å². The van der Waals surface area contributed by atoms with Gasteiger partial charge in [-0.3, -0.25) is 4.90 Å². The molecule has 0 saturated carbocycles. The van der Waals surface area contributed by atoms with E-state index in [9.17, 15) is 9.90 Å². The highest BCUT2D eigenvalue weighted by Crippen LogP contribution is 2.42. The highest BCUT2D eigenvalue weighted by molar-refractivity contribution is 5.82. The minimum absolute atomic E-state index is 0.235. The van der Waals surface area contributed by atoms with E-state index >= 15 is 0 Å². The zero-order valence-corrected chi connectivity index (χ0v) is 14.3. The van der Waals surface area contributed by atoms with E-state index in [1.54, 1.807) is 13.2 Å². The predicted molar refractivity (Wildman–Crippen MR) is 90.8 cm³/mol. The van der Waals surface area contributed by atoms with Gasteiger partial charge in [0, 0.05) is 30.8 Å². The summed E-state index contributed by atoms with van der Waals surface area (Å²) >= 11 is 0. The summed E-state index contributed by atoms with van der Waals surface area (Å²) in [6.45, 7) is 1.78. The highest BCUT2D eigenvalue weighted by Gasteiger charge is 2.42. The molecule has 130 valence electrons. The molecule has 1 aromatic rings. The molecule has 24 heavy (non-hydrogen) atoms. The number of para-hydroxylation sites is 1. The molecule has 2 aliphatic heterocycles. The normalized spacial score (nSPS) is 29.1. The van der Waals surface area contributed by atoms with Crippen LogP contribution in [0.3, 0.4) is 0 Å². The van der Waals surface area contributed by atoms with Crippen LogP contribution in [0.1, 0.15) is 31.2 Å². The Morgan fingerprint density at radius 1 is 1.33 bits per heavy atom. The van der Waals surface area contributed by atoms with Crippen molar-refractivity contribution in [1.29, 1.82) is 0 Å². The summed E-state index contributed by atoms with van der Waals surface area (Å²) < 4.78 is 10.2. The van der Waals surface area contributed by atoms with E-state index in [0.717, 1.165) is 42.8 Å². The lowest BCUT2D eigenvalue weighted by Gasteiger charge is -2.47. The molecule has 0 aromatic heterocycles. The number of nitrogens with zero attached hydrogens (tertiary/aromatic N) is 1. The lowest BCUT2D eigenvalue weighted by Crippen LogP contribution is -2.51. The van der Waals surface area contributed by atoms with E-state index in [-0.39, 0.29) is 12.0 Å². The van der Waals surface area contributed by atoms with Crippen molar-refractivity contribution in [1.82, 2.24) is 4.90 Å². The van der Waals surface area contributed by atoms with Crippen LogP contribution in [0.15, 0.2) is 35.9 Å². The molecule has 0 radical (unpaired) electrons. The second kappa shape index (κ2) is 6.95. The van der Waals surface area contributed by atoms with Gasteiger partial charge in [-0.15, -0.1) is 0 Å². The lowest BCUT2D eigenvalue weighted by atomic mass is 9.77. The Hall–Kier alpha value is -1.85. The predicted octanol–water partition coefficient (Wildman–Crippen LogP) is 2.24. The Balaban J connectivity index is 1.80. The zero-order valence-electron chi connectivity index (χ0n) is 14.3. The number of hydrogen-bond acceptors (Lipinski definition) is 5. The van der Waals surface area contributed by atoms with E-state index in [0.29, 0.717) is 12.8 Å². The number of carbonyl (C=O) groups is 1. The van der Waals surface area contributed by atoms with Gasteiger partial charge in [-0.25, -0.2) is 4.79 Å². The number of fused-ring (bicyclic) bond motifs is 1. The molecule has 2 aliphatic rings. The van der Waals surface area contributed by atoms with Crippen molar-refractivity contribution in [3.8, 4) is 5.75 Å². The summed E-state index contributed by atoms with van der Waals surface area (Å²) in [4.78, 5) is 13.9.